The largest absolute Gasteiger partial charge is 0.338 e. The molecule has 0 aliphatic rings. The number of nitrogens with one attached hydrogen (secondary N) is 2. The molecule has 0 aliphatic heterocycles. The molecule has 3 nitrogen and oxygen atoms in total. The summed E-state index contributed by atoms with van der Waals surface area (Å²) in [6.07, 6.45) is 4.28. The highest BCUT2D eigenvalue weighted by atomic mass is 35.5. The summed E-state index contributed by atoms with van der Waals surface area (Å²) in [7, 11) is 0. The van der Waals surface area contributed by atoms with Crippen LogP contribution in [-0.2, 0) is 0 Å². The fraction of sp³-hybridized carbons (Fsp3) is 0.308. The van der Waals surface area contributed by atoms with Crippen molar-refractivity contribution in [2.24, 2.45) is 0 Å². The zero-order chi connectivity index (χ0) is 12.5. The Hall–Kier alpha value is -1.48. The SMILES string of the molecule is Cc1ccccc1/C=C/NC(=O)NCCCCl. The molecule has 0 fully saturated rings. The lowest BCUT2D eigenvalue weighted by atomic mass is 10.1. The van der Waals surface area contributed by atoms with Crippen molar-refractivity contribution in [2.45, 2.75) is 13.3 Å². The minimum absolute atomic E-state index is 0.208. The molecule has 1 aromatic rings. The first kappa shape index (κ1) is 13.6. The second-order valence-electron chi connectivity index (χ2n) is 3.63. The van der Waals surface area contributed by atoms with Gasteiger partial charge in [0.2, 0.25) is 0 Å². The van der Waals surface area contributed by atoms with E-state index < -0.39 is 0 Å². The number of amides is 2. The van der Waals surface area contributed by atoms with E-state index in [1.807, 2.05) is 37.3 Å². The van der Waals surface area contributed by atoms with Crippen LogP contribution in [0, 0.1) is 6.92 Å². The molecule has 0 bridgehead atoms. The van der Waals surface area contributed by atoms with Gasteiger partial charge in [-0.15, -0.1) is 11.6 Å². The van der Waals surface area contributed by atoms with Gasteiger partial charge in [-0.3, -0.25) is 0 Å². The molecular weight excluding hydrogens is 236 g/mol. The molecule has 2 amide bonds. The number of alkyl halides is 1. The summed E-state index contributed by atoms with van der Waals surface area (Å²) >= 11 is 5.50. The lowest BCUT2D eigenvalue weighted by molar-refractivity contribution is 0.244. The third kappa shape index (κ3) is 5.41. The van der Waals surface area contributed by atoms with Gasteiger partial charge in [0.05, 0.1) is 0 Å². The van der Waals surface area contributed by atoms with E-state index in [2.05, 4.69) is 10.6 Å². The van der Waals surface area contributed by atoms with Gasteiger partial charge in [0.1, 0.15) is 0 Å². The highest BCUT2D eigenvalue weighted by Crippen LogP contribution is 2.07. The van der Waals surface area contributed by atoms with Crippen LogP contribution in [0.4, 0.5) is 4.79 Å². The van der Waals surface area contributed by atoms with Crippen LogP contribution in [0.1, 0.15) is 17.5 Å². The zero-order valence-electron chi connectivity index (χ0n) is 9.87. The average molecular weight is 253 g/mol. The average Bonchev–Trinajstić information content (AvgIpc) is 2.32. The van der Waals surface area contributed by atoms with Gasteiger partial charge in [-0.05, 0) is 30.5 Å². The van der Waals surface area contributed by atoms with Gasteiger partial charge in [-0.2, -0.15) is 0 Å². The summed E-state index contributed by atoms with van der Waals surface area (Å²) < 4.78 is 0. The molecule has 0 radical (unpaired) electrons. The van der Waals surface area contributed by atoms with Crippen molar-refractivity contribution in [3.05, 3.63) is 41.6 Å². The maximum Gasteiger partial charge on any atom is 0.318 e. The van der Waals surface area contributed by atoms with Gasteiger partial charge in [-0.25, -0.2) is 4.79 Å². The Labute approximate surface area is 107 Å². The van der Waals surface area contributed by atoms with Gasteiger partial charge >= 0.3 is 6.03 Å². The Morgan fingerprint density at radius 3 is 2.88 bits per heavy atom. The Balaban J connectivity index is 2.35. The van der Waals surface area contributed by atoms with Gasteiger partial charge in [0, 0.05) is 18.6 Å². The molecule has 0 saturated carbocycles. The van der Waals surface area contributed by atoms with Crippen LogP contribution >= 0.6 is 11.6 Å². The quantitative estimate of drug-likeness (QED) is 0.614. The minimum Gasteiger partial charge on any atom is -0.338 e. The van der Waals surface area contributed by atoms with E-state index in [1.54, 1.807) is 6.20 Å². The fourth-order valence-electron chi connectivity index (χ4n) is 1.30. The van der Waals surface area contributed by atoms with Crippen LogP contribution in [-0.4, -0.2) is 18.5 Å². The number of aryl methyl sites for hydroxylation is 1. The van der Waals surface area contributed by atoms with E-state index >= 15 is 0 Å². The Morgan fingerprint density at radius 1 is 1.41 bits per heavy atom. The number of hydrogen-bond donors (Lipinski definition) is 2. The molecule has 0 unspecified atom stereocenters. The Morgan fingerprint density at radius 2 is 2.18 bits per heavy atom. The molecule has 0 aromatic heterocycles. The molecule has 0 atom stereocenters. The number of carbonyl (C=O) groups is 1. The zero-order valence-corrected chi connectivity index (χ0v) is 10.6. The first-order valence-corrected chi connectivity index (χ1v) is 6.10. The minimum atomic E-state index is -0.208. The van der Waals surface area contributed by atoms with Crippen LogP contribution in [0.2, 0.25) is 0 Å². The second-order valence-corrected chi connectivity index (χ2v) is 4.01. The lowest BCUT2D eigenvalue weighted by Crippen LogP contribution is -2.32. The number of rotatable bonds is 5. The number of halogens is 1. The molecule has 0 heterocycles. The van der Waals surface area contributed by atoms with E-state index in [9.17, 15) is 4.79 Å². The second kappa shape index (κ2) is 7.74. The number of benzene rings is 1. The molecule has 2 N–H and O–H groups in total. The third-order valence-corrected chi connectivity index (χ3v) is 2.53. The van der Waals surface area contributed by atoms with Crippen molar-refractivity contribution in [3.63, 3.8) is 0 Å². The molecule has 1 rings (SSSR count). The first-order chi connectivity index (χ1) is 8.24. The van der Waals surface area contributed by atoms with Gasteiger partial charge in [0.15, 0.2) is 0 Å². The maximum absolute atomic E-state index is 11.3. The van der Waals surface area contributed by atoms with Crippen LogP contribution < -0.4 is 10.6 Å². The maximum atomic E-state index is 11.3. The van der Waals surface area contributed by atoms with Crippen molar-refractivity contribution in [3.8, 4) is 0 Å². The highest BCUT2D eigenvalue weighted by molar-refractivity contribution is 6.17. The van der Waals surface area contributed by atoms with Crippen LogP contribution in [0.3, 0.4) is 0 Å². The van der Waals surface area contributed by atoms with Crippen LogP contribution in [0.15, 0.2) is 30.5 Å². The molecule has 4 heteroatoms. The van der Waals surface area contributed by atoms with Crippen molar-refractivity contribution in [1.29, 1.82) is 0 Å². The molecule has 0 aliphatic carbocycles. The number of carbonyl (C=O) groups excluding carboxylic acids is 1. The summed E-state index contributed by atoms with van der Waals surface area (Å²) in [6.45, 7) is 2.62. The Kier molecular flexibility index (Phi) is 6.18. The van der Waals surface area contributed by atoms with Gasteiger partial charge < -0.3 is 10.6 Å². The monoisotopic (exact) mass is 252 g/mol. The standard InChI is InChI=1S/C13H17ClN2O/c1-11-5-2-3-6-12(11)7-10-16-13(17)15-9-4-8-14/h2-3,5-7,10H,4,8-9H2,1H3,(H2,15,16,17)/b10-7+. The van der Waals surface area contributed by atoms with Crippen molar-refractivity contribution < 1.29 is 4.79 Å². The molecule has 0 spiro atoms. The van der Waals surface area contributed by atoms with Gasteiger partial charge in [-0.1, -0.05) is 24.3 Å². The van der Waals surface area contributed by atoms with Crippen LogP contribution in [0.25, 0.3) is 6.08 Å². The highest BCUT2D eigenvalue weighted by Gasteiger charge is 1.95. The van der Waals surface area contributed by atoms with E-state index in [-0.39, 0.29) is 6.03 Å². The van der Waals surface area contributed by atoms with E-state index in [0.717, 1.165) is 12.0 Å². The predicted octanol–water partition coefficient (Wildman–Crippen LogP) is 2.89. The van der Waals surface area contributed by atoms with E-state index in [4.69, 9.17) is 11.6 Å². The summed E-state index contributed by atoms with van der Waals surface area (Å²) in [4.78, 5) is 11.3. The summed E-state index contributed by atoms with van der Waals surface area (Å²) in [5.41, 5.74) is 2.27. The number of hydrogen-bond acceptors (Lipinski definition) is 1. The van der Waals surface area contributed by atoms with Crippen molar-refractivity contribution in [2.75, 3.05) is 12.4 Å². The van der Waals surface area contributed by atoms with E-state index in [0.29, 0.717) is 12.4 Å². The summed E-state index contributed by atoms with van der Waals surface area (Å²) in [6, 6.07) is 7.77. The third-order valence-electron chi connectivity index (χ3n) is 2.26. The predicted molar refractivity (Wildman–Crippen MR) is 72.1 cm³/mol. The van der Waals surface area contributed by atoms with Crippen molar-refractivity contribution in [1.82, 2.24) is 10.6 Å². The summed E-state index contributed by atoms with van der Waals surface area (Å²) in [5, 5.41) is 5.34. The molecular formula is C13H17ClN2O. The lowest BCUT2D eigenvalue weighted by Gasteiger charge is -2.03. The molecule has 0 saturated heterocycles. The van der Waals surface area contributed by atoms with Crippen molar-refractivity contribution >= 4 is 23.7 Å². The Bertz CT molecular complexity index is 391. The number of urea groups is 1. The molecule has 17 heavy (non-hydrogen) atoms. The summed E-state index contributed by atoms with van der Waals surface area (Å²) in [5.74, 6) is 0.555. The fourth-order valence-corrected chi connectivity index (χ4v) is 1.43. The molecule has 1 aromatic carbocycles. The van der Waals surface area contributed by atoms with E-state index in [1.165, 1.54) is 5.56 Å². The van der Waals surface area contributed by atoms with Crippen LogP contribution in [0.5, 0.6) is 0 Å². The normalized spacial score (nSPS) is 10.5. The van der Waals surface area contributed by atoms with Gasteiger partial charge in [0.25, 0.3) is 0 Å². The first-order valence-electron chi connectivity index (χ1n) is 5.56. The molecule has 92 valence electrons. The smallest absolute Gasteiger partial charge is 0.318 e. The topological polar surface area (TPSA) is 41.1 Å².